The number of aromatic hydroxyl groups is 1. The third-order valence-electron chi connectivity index (χ3n) is 2.24. The molecule has 0 spiro atoms. The molecule has 1 aromatic carbocycles. The Morgan fingerprint density at radius 3 is 3.07 bits per heavy atom. The van der Waals surface area contributed by atoms with Gasteiger partial charge in [0.15, 0.2) is 5.17 Å². The number of hydrogen-bond donors (Lipinski definition) is 2. The summed E-state index contributed by atoms with van der Waals surface area (Å²) < 4.78 is 0. The molecule has 1 aromatic rings. The number of nitrogens with one attached hydrogen (secondary N) is 1. The molecule has 2 rings (SSSR count). The second-order valence-electron chi connectivity index (χ2n) is 3.23. The number of nitrogens with zero attached hydrogens (tertiary/aromatic N) is 1. The van der Waals surface area contributed by atoms with Crippen LogP contribution in [0.15, 0.2) is 17.1 Å². The van der Waals surface area contributed by atoms with Crippen LogP contribution < -0.4 is 5.32 Å². The number of benzene rings is 1. The first-order valence-corrected chi connectivity index (χ1v) is 6.18. The summed E-state index contributed by atoms with van der Waals surface area (Å²) in [5, 5.41) is 13.9. The van der Waals surface area contributed by atoms with Gasteiger partial charge in [-0.25, -0.2) is 0 Å². The van der Waals surface area contributed by atoms with Crippen LogP contribution in [0.3, 0.4) is 0 Å². The van der Waals surface area contributed by atoms with Crippen LogP contribution >= 0.6 is 23.4 Å². The Morgan fingerprint density at radius 1 is 1.53 bits per heavy atom. The minimum atomic E-state index is 0.102. The molecule has 0 unspecified atom stereocenters. The van der Waals surface area contributed by atoms with Crippen LogP contribution in [-0.4, -0.2) is 23.1 Å². The van der Waals surface area contributed by atoms with Crippen LogP contribution in [0.25, 0.3) is 0 Å². The minimum Gasteiger partial charge on any atom is -0.506 e. The lowest BCUT2D eigenvalue weighted by molar-refractivity contribution is 0.475. The maximum Gasteiger partial charge on any atom is 0.160 e. The van der Waals surface area contributed by atoms with E-state index in [1.165, 1.54) is 0 Å². The SMILES string of the molecule is CSC1=NCCc2cc(Cl)c(O)cc2N1. The second kappa shape index (κ2) is 4.33. The van der Waals surface area contributed by atoms with Crippen LogP contribution in [-0.2, 0) is 6.42 Å². The monoisotopic (exact) mass is 242 g/mol. The molecule has 0 radical (unpaired) electrons. The molecule has 5 heteroatoms. The highest BCUT2D eigenvalue weighted by molar-refractivity contribution is 8.13. The number of anilines is 1. The first-order chi connectivity index (χ1) is 7.20. The lowest BCUT2D eigenvalue weighted by Gasteiger charge is -2.09. The molecule has 0 aromatic heterocycles. The molecular formula is C10H11ClN2OS. The van der Waals surface area contributed by atoms with Crippen molar-refractivity contribution >= 4 is 34.2 Å². The van der Waals surface area contributed by atoms with Crippen LogP contribution in [0, 0.1) is 0 Å². The molecule has 2 N–H and O–H groups in total. The van der Waals surface area contributed by atoms with Crippen molar-refractivity contribution in [1.82, 2.24) is 0 Å². The number of aliphatic imine (C=N–C) groups is 1. The van der Waals surface area contributed by atoms with Gasteiger partial charge >= 0.3 is 0 Å². The van der Waals surface area contributed by atoms with Crippen molar-refractivity contribution in [2.75, 3.05) is 18.1 Å². The first kappa shape index (κ1) is 10.6. The fraction of sp³-hybridized carbons (Fsp3) is 0.300. The lowest BCUT2D eigenvalue weighted by atomic mass is 10.1. The predicted molar refractivity (Wildman–Crippen MR) is 66.3 cm³/mol. The average molecular weight is 243 g/mol. The molecule has 1 heterocycles. The minimum absolute atomic E-state index is 0.102. The van der Waals surface area contributed by atoms with Crippen LogP contribution in [0.5, 0.6) is 5.75 Å². The smallest absolute Gasteiger partial charge is 0.160 e. The number of phenols is 1. The highest BCUT2D eigenvalue weighted by Gasteiger charge is 2.12. The molecule has 15 heavy (non-hydrogen) atoms. The molecule has 0 fully saturated rings. The summed E-state index contributed by atoms with van der Waals surface area (Å²) in [6, 6.07) is 3.44. The van der Waals surface area contributed by atoms with Crippen molar-refractivity contribution in [3.63, 3.8) is 0 Å². The number of rotatable bonds is 0. The van der Waals surface area contributed by atoms with E-state index in [0.717, 1.165) is 29.4 Å². The lowest BCUT2D eigenvalue weighted by Crippen LogP contribution is -2.06. The van der Waals surface area contributed by atoms with Crippen molar-refractivity contribution < 1.29 is 5.11 Å². The molecular weight excluding hydrogens is 232 g/mol. The quantitative estimate of drug-likeness (QED) is 0.735. The van der Waals surface area contributed by atoms with E-state index in [0.29, 0.717) is 5.02 Å². The molecule has 80 valence electrons. The highest BCUT2D eigenvalue weighted by Crippen LogP contribution is 2.31. The van der Waals surface area contributed by atoms with Crippen molar-refractivity contribution in [3.8, 4) is 5.75 Å². The molecule has 0 saturated heterocycles. The Labute approximate surface area is 97.6 Å². The molecule has 0 amide bonds. The van der Waals surface area contributed by atoms with E-state index < -0.39 is 0 Å². The number of thioether (sulfide) groups is 1. The predicted octanol–water partition coefficient (Wildman–Crippen LogP) is 2.73. The van der Waals surface area contributed by atoms with Gasteiger partial charge in [0.1, 0.15) is 5.75 Å². The number of amidine groups is 1. The Morgan fingerprint density at radius 2 is 2.33 bits per heavy atom. The van der Waals surface area contributed by atoms with Crippen molar-refractivity contribution in [1.29, 1.82) is 0 Å². The topological polar surface area (TPSA) is 44.6 Å². The third kappa shape index (κ3) is 2.21. The van der Waals surface area contributed by atoms with Crippen LogP contribution in [0.2, 0.25) is 5.02 Å². The van der Waals surface area contributed by atoms with Gasteiger partial charge in [-0.3, -0.25) is 4.99 Å². The molecule has 0 atom stereocenters. The van der Waals surface area contributed by atoms with E-state index in [9.17, 15) is 5.11 Å². The fourth-order valence-electron chi connectivity index (χ4n) is 1.47. The zero-order valence-corrected chi connectivity index (χ0v) is 9.82. The Kier molecular flexibility index (Phi) is 3.07. The number of hydrogen-bond acceptors (Lipinski definition) is 4. The maximum absolute atomic E-state index is 9.51. The van der Waals surface area contributed by atoms with Gasteiger partial charge in [0, 0.05) is 18.3 Å². The van der Waals surface area contributed by atoms with Gasteiger partial charge in [-0.05, 0) is 24.3 Å². The van der Waals surface area contributed by atoms with Crippen molar-refractivity contribution in [2.24, 2.45) is 4.99 Å². The van der Waals surface area contributed by atoms with Gasteiger partial charge in [-0.15, -0.1) is 0 Å². The Bertz CT molecular complexity index is 420. The molecule has 1 aliphatic heterocycles. The summed E-state index contributed by atoms with van der Waals surface area (Å²) in [6.45, 7) is 0.747. The summed E-state index contributed by atoms with van der Waals surface area (Å²) in [7, 11) is 0. The molecule has 0 aliphatic carbocycles. The van der Waals surface area contributed by atoms with Gasteiger partial charge in [-0.2, -0.15) is 0 Å². The fourth-order valence-corrected chi connectivity index (χ4v) is 2.09. The maximum atomic E-state index is 9.51. The van der Waals surface area contributed by atoms with Crippen molar-refractivity contribution in [2.45, 2.75) is 6.42 Å². The van der Waals surface area contributed by atoms with Gasteiger partial charge in [0.25, 0.3) is 0 Å². The van der Waals surface area contributed by atoms with Gasteiger partial charge in [0.2, 0.25) is 0 Å². The van der Waals surface area contributed by atoms with Gasteiger partial charge < -0.3 is 10.4 Å². The average Bonchev–Trinajstić information content (AvgIpc) is 2.41. The Balaban J connectivity index is 2.40. The number of halogens is 1. The molecule has 0 bridgehead atoms. The summed E-state index contributed by atoms with van der Waals surface area (Å²) in [6.07, 6.45) is 2.80. The number of fused-ring (bicyclic) bond motifs is 1. The molecule has 0 saturated carbocycles. The summed E-state index contributed by atoms with van der Waals surface area (Å²) in [4.78, 5) is 4.36. The van der Waals surface area contributed by atoms with E-state index in [4.69, 9.17) is 11.6 Å². The van der Waals surface area contributed by atoms with Gasteiger partial charge in [-0.1, -0.05) is 23.4 Å². The Hall–Kier alpha value is -0.870. The van der Waals surface area contributed by atoms with E-state index in [-0.39, 0.29) is 5.75 Å². The first-order valence-electron chi connectivity index (χ1n) is 4.57. The van der Waals surface area contributed by atoms with E-state index in [1.54, 1.807) is 23.9 Å². The summed E-state index contributed by atoms with van der Waals surface area (Å²) in [5.74, 6) is 0.102. The zero-order valence-electron chi connectivity index (χ0n) is 8.25. The van der Waals surface area contributed by atoms with E-state index in [2.05, 4.69) is 10.3 Å². The summed E-state index contributed by atoms with van der Waals surface area (Å²) in [5.41, 5.74) is 1.98. The van der Waals surface area contributed by atoms with Gasteiger partial charge in [0.05, 0.1) is 5.02 Å². The zero-order chi connectivity index (χ0) is 10.8. The number of phenolic OH excluding ortho intramolecular Hbond substituents is 1. The highest BCUT2D eigenvalue weighted by atomic mass is 35.5. The molecule has 3 nitrogen and oxygen atoms in total. The molecule has 1 aliphatic rings. The van der Waals surface area contributed by atoms with Crippen molar-refractivity contribution in [3.05, 3.63) is 22.7 Å². The third-order valence-corrected chi connectivity index (χ3v) is 3.16. The standard InChI is InChI=1S/C10H11ClN2OS/c1-15-10-12-3-2-6-4-7(11)9(14)5-8(6)13-10/h4-5,14H,2-3H2,1H3,(H,12,13). The van der Waals surface area contributed by atoms with E-state index in [1.807, 2.05) is 6.26 Å². The van der Waals surface area contributed by atoms with E-state index >= 15 is 0 Å². The van der Waals surface area contributed by atoms with Crippen LogP contribution in [0.4, 0.5) is 5.69 Å². The summed E-state index contributed by atoms with van der Waals surface area (Å²) >= 11 is 7.41. The normalized spacial score (nSPS) is 14.9. The largest absolute Gasteiger partial charge is 0.506 e. The second-order valence-corrected chi connectivity index (χ2v) is 4.43. The van der Waals surface area contributed by atoms with Crippen LogP contribution in [0.1, 0.15) is 5.56 Å².